The quantitative estimate of drug-likeness (QED) is 0.570. The average Bonchev–Trinajstić information content (AvgIpc) is 3.04. The first-order valence-corrected chi connectivity index (χ1v) is 10.2. The maximum Gasteiger partial charge on any atom is 0.417 e. The Hall–Kier alpha value is -3.35. The summed E-state index contributed by atoms with van der Waals surface area (Å²) in [5.41, 5.74) is 1.43. The fourth-order valence-corrected chi connectivity index (χ4v) is 4.08. The van der Waals surface area contributed by atoms with Crippen LogP contribution in [0.4, 0.5) is 32.0 Å². The Bertz CT molecular complexity index is 1140. The van der Waals surface area contributed by atoms with Crippen LogP contribution in [0.1, 0.15) is 41.4 Å². The second-order valence-electron chi connectivity index (χ2n) is 8.21. The molecule has 0 unspecified atom stereocenters. The van der Waals surface area contributed by atoms with Gasteiger partial charge < -0.3 is 20.5 Å². The number of nitrogens with one attached hydrogen (secondary N) is 1. The van der Waals surface area contributed by atoms with Crippen molar-refractivity contribution < 1.29 is 45.4 Å². The molecule has 0 bridgehead atoms. The molecular formula is C22H21F6N3O4. The van der Waals surface area contributed by atoms with Crippen molar-refractivity contribution in [2.24, 2.45) is 11.7 Å². The Labute approximate surface area is 195 Å². The fraction of sp³-hybridized carbons (Fsp3) is 0.409. The highest BCUT2D eigenvalue weighted by Gasteiger charge is 2.65. The highest BCUT2D eigenvalue weighted by molar-refractivity contribution is 5.97. The van der Waals surface area contributed by atoms with E-state index >= 15 is 0 Å². The number of nitrogens with two attached hydrogens (primary N) is 1. The van der Waals surface area contributed by atoms with E-state index in [-0.39, 0.29) is 22.5 Å². The number of anilines is 1. The van der Waals surface area contributed by atoms with Crippen molar-refractivity contribution in [2.75, 3.05) is 5.32 Å². The molecule has 13 heteroatoms. The summed E-state index contributed by atoms with van der Waals surface area (Å²) in [5.74, 6) is -6.53. The van der Waals surface area contributed by atoms with Crippen molar-refractivity contribution in [3.63, 3.8) is 0 Å². The van der Waals surface area contributed by atoms with Gasteiger partial charge in [-0.2, -0.15) is 22.0 Å². The number of ether oxygens (including phenoxy) is 2. The summed E-state index contributed by atoms with van der Waals surface area (Å²) in [6.07, 6.45) is -5.66. The zero-order valence-electron chi connectivity index (χ0n) is 18.6. The second-order valence-corrected chi connectivity index (χ2v) is 8.21. The normalized spacial score (nSPS) is 24.5. The maximum atomic E-state index is 14.1. The highest BCUT2D eigenvalue weighted by atomic mass is 19.4. The number of carbonyl (C=O) groups excluding carboxylic acids is 2. The number of hydrogen-bond acceptors (Lipinski definition) is 5. The number of halogens is 6. The van der Waals surface area contributed by atoms with Crippen LogP contribution in [-0.2, 0) is 9.53 Å². The summed E-state index contributed by atoms with van der Waals surface area (Å²) in [4.78, 5) is 28.2. The molecule has 2 amide bonds. The van der Waals surface area contributed by atoms with E-state index in [1.54, 1.807) is 0 Å². The van der Waals surface area contributed by atoms with Gasteiger partial charge in [0, 0.05) is 34.8 Å². The molecule has 0 saturated carbocycles. The molecule has 2 heterocycles. The van der Waals surface area contributed by atoms with E-state index in [1.807, 2.05) is 0 Å². The predicted octanol–water partition coefficient (Wildman–Crippen LogP) is 4.31. The van der Waals surface area contributed by atoms with Crippen LogP contribution in [0.15, 0.2) is 30.5 Å². The van der Waals surface area contributed by atoms with Gasteiger partial charge in [0.25, 0.3) is 11.8 Å². The van der Waals surface area contributed by atoms with Crippen molar-refractivity contribution in [3.05, 3.63) is 53.1 Å². The van der Waals surface area contributed by atoms with Crippen LogP contribution in [0.2, 0.25) is 0 Å². The van der Waals surface area contributed by atoms with Crippen molar-refractivity contribution in [3.8, 4) is 5.75 Å². The van der Waals surface area contributed by atoms with Gasteiger partial charge in [0.05, 0.1) is 0 Å². The van der Waals surface area contributed by atoms with Crippen molar-refractivity contribution in [1.29, 1.82) is 0 Å². The van der Waals surface area contributed by atoms with E-state index in [0.29, 0.717) is 0 Å². The van der Waals surface area contributed by atoms with Crippen LogP contribution >= 0.6 is 0 Å². The van der Waals surface area contributed by atoms with Gasteiger partial charge in [-0.25, -0.2) is 4.39 Å². The van der Waals surface area contributed by atoms with Gasteiger partial charge in [-0.1, -0.05) is 13.0 Å². The van der Waals surface area contributed by atoms with Crippen LogP contribution in [0.3, 0.4) is 0 Å². The molecule has 3 rings (SSSR count). The molecule has 1 aromatic heterocycles. The van der Waals surface area contributed by atoms with Crippen LogP contribution in [-0.4, -0.2) is 41.3 Å². The summed E-state index contributed by atoms with van der Waals surface area (Å²) < 4.78 is 92.1. The topological polar surface area (TPSA) is 104 Å². The molecule has 1 fully saturated rings. The lowest BCUT2D eigenvalue weighted by Crippen LogP contribution is -2.47. The van der Waals surface area contributed by atoms with Gasteiger partial charge in [-0.3, -0.25) is 14.6 Å². The lowest BCUT2D eigenvalue weighted by molar-refractivity contribution is -0.272. The second kappa shape index (κ2) is 9.36. The van der Waals surface area contributed by atoms with E-state index < -0.39 is 59.7 Å². The third-order valence-electron chi connectivity index (χ3n) is 6.14. The average molecular weight is 505 g/mol. The Morgan fingerprint density at radius 1 is 1.26 bits per heavy atom. The third kappa shape index (κ3) is 4.90. The standard InChI is InChI=1S/C22H21F6N3O4/c1-9-13(23)5-4-12(16(9)34-20(24)25)15-10(2)21(3,22(26,27)28)35-17(15)19(33)31-11-6-7-30-14(8-11)18(29)32/h4-8,10,15,17,20H,1-3H3,(H2,29,32)(H,30,31,33)/t10-,15+,17-,21-/m0/s1. The van der Waals surface area contributed by atoms with Gasteiger partial charge in [0.2, 0.25) is 0 Å². The Morgan fingerprint density at radius 2 is 1.91 bits per heavy atom. The molecule has 1 aliphatic rings. The summed E-state index contributed by atoms with van der Waals surface area (Å²) in [5, 5.41) is 2.33. The van der Waals surface area contributed by atoms with Gasteiger partial charge in [0.1, 0.15) is 23.4 Å². The number of alkyl halides is 5. The lowest BCUT2D eigenvalue weighted by Gasteiger charge is -2.32. The molecule has 3 N–H and O–H groups in total. The molecule has 0 spiro atoms. The predicted molar refractivity (Wildman–Crippen MR) is 110 cm³/mol. The van der Waals surface area contributed by atoms with Gasteiger partial charge in [-0.05, 0) is 32.0 Å². The molecule has 35 heavy (non-hydrogen) atoms. The first-order chi connectivity index (χ1) is 16.2. The number of hydrogen-bond donors (Lipinski definition) is 2. The Kier molecular flexibility index (Phi) is 7.02. The molecule has 190 valence electrons. The zero-order chi connectivity index (χ0) is 26.3. The molecule has 0 aliphatic carbocycles. The van der Waals surface area contributed by atoms with Crippen molar-refractivity contribution in [2.45, 2.75) is 51.2 Å². The molecular weight excluding hydrogens is 484 g/mol. The SMILES string of the molecule is Cc1c(F)ccc([C@@H]2[C@@H](C(=O)Nc3ccnc(C(N)=O)c3)O[C@](C)(C(F)(F)F)[C@H]2C)c1OC(F)F. The first kappa shape index (κ1) is 26.3. The van der Waals surface area contributed by atoms with Gasteiger partial charge in [-0.15, -0.1) is 0 Å². The van der Waals surface area contributed by atoms with E-state index in [1.165, 1.54) is 6.07 Å². The number of pyridine rings is 1. The number of carbonyl (C=O) groups is 2. The summed E-state index contributed by atoms with van der Waals surface area (Å²) >= 11 is 0. The highest BCUT2D eigenvalue weighted by Crippen LogP contribution is 2.55. The van der Waals surface area contributed by atoms with E-state index in [2.05, 4.69) is 15.0 Å². The summed E-state index contributed by atoms with van der Waals surface area (Å²) in [7, 11) is 0. The smallest absolute Gasteiger partial charge is 0.417 e. The molecule has 2 aromatic rings. The number of benzene rings is 1. The number of primary amides is 1. The van der Waals surface area contributed by atoms with Gasteiger partial charge in [0.15, 0.2) is 5.60 Å². The monoisotopic (exact) mass is 505 g/mol. The largest absolute Gasteiger partial charge is 0.434 e. The Morgan fingerprint density at radius 3 is 2.49 bits per heavy atom. The minimum Gasteiger partial charge on any atom is -0.434 e. The molecule has 1 aromatic carbocycles. The Balaban J connectivity index is 2.10. The van der Waals surface area contributed by atoms with E-state index in [4.69, 9.17) is 10.5 Å². The van der Waals surface area contributed by atoms with Crippen LogP contribution < -0.4 is 15.8 Å². The maximum absolute atomic E-state index is 14.1. The number of rotatable bonds is 6. The molecule has 7 nitrogen and oxygen atoms in total. The number of nitrogens with zero attached hydrogens (tertiary/aromatic N) is 1. The first-order valence-electron chi connectivity index (χ1n) is 10.2. The fourth-order valence-electron chi connectivity index (χ4n) is 4.08. The molecule has 1 saturated heterocycles. The van der Waals surface area contributed by atoms with Crippen LogP contribution in [0, 0.1) is 18.7 Å². The molecule has 4 atom stereocenters. The number of amides is 2. The zero-order valence-corrected chi connectivity index (χ0v) is 18.6. The lowest BCUT2D eigenvalue weighted by atomic mass is 9.76. The third-order valence-corrected chi connectivity index (χ3v) is 6.14. The molecule has 1 aliphatic heterocycles. The molecule has 0 radical (unpaired) electrons. The van der Waals surface area contributed by atoms with E-state index in [9.17, 15) is 35.9 Å². The van der Waals surface area contributed by atoms with Crippen molar-refractivity contribution >= 4 is 17.5 Å². The minimum atomic E-state index is -4.95. The van der Waals surface area contributed by atoms with Crippen LogP contribution in [0.25, 0.3) is 0 Å². The van der Waals surface area contributed by atoms with E-state index in [0.717, 1.165) is 45.2 Å². The van der Waals surface area contributed by atoms with Crippen molar-refractivity contribution in [1.82, 2.24) is 4.98 Å². The van der Waals surface area contributed by atoms with Crippen LogP contribution in [0.5, 0.6) is 5.75 Å². The van der Waals surface area contributed by atoms with Gasteiger partial charge >= 0.3 is 12.8 Å². The minimum absolute atomic E-state index is 0.0197. The summed E-state index contributed by atoms with van der Waals surface area (Å²) in [6, 6.07) is 4.23. The summed E-state index contributed by atoms with van der Waals surface area (Å²) in [6.45, 7) is -0.401. The number of aromatic nitrogens is 1.